The average molecular weight is 207 g/mol. The van der Waals surface area contributed by atoms with Gasteiger partial charge in [0.1, 0.15) is 17.5 Å². The lowest BCUT2D eigenvalue weighted by molar-refractivity contribution is 0.612. The Morgan fingerprint density at radius 3 is 2.73 bits per heavy atom. The maximum Gasteiger partial charge on any atom is 0.168 e. The maximum atomic E-state index is 8.96. The van der Waals surface area contributed by atoms with Gasteiger partial charge in [0, 0.05) is 13.1 Å². The van der Waals surface area contributed by atoms with Crippen molar-refractivity contribution >= 4 is 11.6 Å². The first-order valence-electron chi connectivity index (χ1n) is 5.24. The highest BCUT2D eigenvalue weighted by molar-refractivity contribution is 5.63. The number of aromatic nitrogens is 2. The average Bonchev–Trinajstić information content (AvgIpc) is 2.53. The second kappa shape index (κ2) is 5.25. The smallest absolute Gasteiger partial charge is 0.168 e. The van der Waals surface area contributed by atoms with Gasteiger partial charge >= 0.3 is 0 Å². The molecule has 1 aromatic heterocycles. The second-order valence-electron chi connectivity index (χ2n) is 3.37. The zero-order chi connectivity index (χ0) is 11.3. The standard InChI is InChI=1S/C10H17N5/c1-3-5-13-10-8(7-11)9(12)15(14-10)6-4-2/h3-6,12H2,1-2H3,(H,13,14). The molecular weight excluding hydrogens is 190 g/mol. The summed E-state index contributed by atoms with van der Waals surface area (Å²) in [7, 11) is 0. The van der Waals surface area contributed by atoms with Crippen molar-refractivity contribution in [1.82, 2.24) is 9.78 Å². The number of hydrogen-bond acceptors (Lipinski definition) is 4. The Labute approximate surface area is 89.9 Å². The molecule has 1 rings (SSSR count). The molecule has 0 spiro atoms. The van der Waals surface area contributed by atoms with Crippen LogP contribution in [0, 0.1) is 11.3 Å². The van der Waals surface area contributed by atoms with Gasteiger partial charge in [-0.25, -0.2) is 4.68 Å². The SMILES string of the molecule is CCCNc1nn(CCC)c(N)c1C#N. The molecule has 0 aromatic carbocycles. The summed E-state index contributed by atoms with van der Waals surface area (Å²) in [5.41, 5.74) is 6.27. The molecule has 5 nitrogen and oxygen atoms in total. The van der Waals surface area contributed by atoms with Crippen LogP contribution in [0.5, 0.6) is 0 Å². The number of anilines is 2. The number of aryl methyl sites for hydroxylation is 1. The third-order valence-electron chi connectivity index (χ3n) is 2.08. The van der Waals surface area contributed by atoms with E-state index in [1.54, 1.807) is 4.68 Å². The Morgan fingerprint density at radius 2 is 2.20 bits per heavy atom. The second-order valence-corrected chi connectivity index (χ2v) is 3.37. The van der Waals surface area contributed by atoms with Gasteiger partial charge in [-0.2, -0.15) is 10.4 Å². The zero-order valence-electron chi connectivity index (χ0n) is 9.25. The summed E-state index contributed by atoms with van der Waals surface area (Å²) in [6.45, 7) is 5.66. The van der Waals surface area contributed by atoms with E-state index in [1.807, 2.05) is 6.92 Å². The van der Waals surface area contributed by atoms with Crippen LogP contribution in [-0.2, 0) is 6.54 Å². The topological polar surface area (TPSA) is 79.7 Å². The molecule has 82 valence electrons. The predicted molar refractivity (Wildman–Crippen MR) is 60.4 cm³/mol. The molecule has 0 radical (unpaired) electrons. The molecule has 0 atom stereocenters. The minimum Gasteiger partial charge on any atom is -0.383 e. The number of nitrogen functional groups attached to an aromatic ring is 1. The van der Waals surface area contributed by atoms with E-state index in [9.17, 15) is 0 Å². The van der Waals surface area contributed by atoms with Gasteiger partial charge in [-0.3, -0.25) is 0 Å². The highest BCUT2D eigenvalue weighted by Gasteiger charge is 2.13. The van der Waals surface area contributed by atoms with Gasteiger partial charge in [-0.05, 0) is 12.8 Å². The molecule has 1 heterocycles. The van der Waals surface area contributed by atoms with Crippen molar-refractivity contribution in [2.45, 2.75) is 33.2 Å². The van der Waals surface area contributed by atoms with Crippen LogP contribution in [0.25, 0.3) is 0 Å². The number of nitrogens with one attached hydrogen (secondary N) is 1. The van der Waals surface area contributed by atoms with Crippen molar-refractivity contribution in [2.24, 2.45) is 0 Å². The summed E-state index contributed by atoms with van der Waals surface area (Å²) in [6.07, 6.45) is 1.94. The van der Waals surface area contributed by atoms with E-state index in [2.05, 4.69) is 23.4 Å². The Balaban J connectivity index is 2.95. The normalized spacial score (nSPS) is 9.93. The lowest BCUT2D eigenvalue weighted by Gasteiger charge is -1.99. The molecule has 0 aliphatic heterocycles. The number of hydrogen-bond donors (Lipinski definition) is 2. The summed E-state index contributed by atoms with van der Waals surface area (Å²) in [4.78, 5) is 0. The lowest BCUT2D eigenvalue weighted by Crippen LogP contribution is -2.05. The highest BCUT2D eigenvalue weighted by Crippen LogP contribution is 2.20. The van der Waals surface area contributed by atoms with Crippen molar-refractivity contribution in [3.05, 3.63) is 5.56 Å². The molecule has 1 aromatic rings. The number of rotatable bonds is 5. The molecular formula is C10H17N5. The molecule has 0 saturated carbocycles. The molecule has 0 bridgehead atoms. The van der Waals surface area contributed by atoms with Crippen molar-refractivity contribution < 1.29 is 0 Å². The summed E-state index contributed by atoms with van der Waals surface area (Å²) >= 11 is 0. The van der Waals surface area contributed by atoms with Crippen LogP contribution in [0.2, 0.25) is 0 Å². The van der Waals surface area contributed by atoms with Crippen LogP contribution < -0.4 is 11.1 Å². The van der Waals surface area contributed by atoms with E-state index in [0.29, 0.717) is 17.2 Å². The molecule has 0 unspecified atom stereocenters. The first-order chi connectivity index (χ1) is 7.24. The number of nitriles is 1. The molecule has 0 saturated heterocycles. The van der Waals surface area contributed by atoms with E-state index in [0.717, 1.165) is 25.9 Å². The summed E-state index contributed by atoms with van der Waals surface area (Å²) in [5.74, 6) is 1.06. The molecule has 0 aliphatic rings. The minimum atomic E-state index is 0.455. The third kappa shape index (κ3) is 2.40. The first-order valence-corrected chi connectivity index (χ1v) is 5.24. The lowest BCUT2D eigenvalue weighted by atomic mass is 10.3. The van der Waals surface area contributed by atoms with E-state index < -0.39 is 0 Å². The number of nitrogens with zero attached hydrogens (tertiary/aromatic N) is 3. The minimum absolute atomic E-state index is 0.455. The molecule has 15 heavy (non-hydrogen) atoms. The Kier molecular flexibility index (Phi) is 3.98. The number of nitrogens with two attached hydrogens (primary N) is 1. The van der Waals surface area contributed by atoms with Gasteiger partial charge in [-0.15, -0.1) is 0 Å². The van der Waals surface area contributed by atoms with Crippen molar-refractivity contribution in [3.8, 4) is 6.07 Å². The summed E-state index contributed by atoms with van der Waals surface area (Å²) < 4.78 is 1.68. The van der Waals surface area contributed by atoms with Gasteiger partial charge < -0.3 is 11.1 Å². The summed E-state index contributed by atoms with van der Waals surface area (Å²) in [5, 5.41) is 16.3. The van der Waals surface area contributed by atoms with Crippen LogP contribution in [0.4, 0.5) is 11.6 Å². The molecule has 0 fully saturated rings. The maximum absolute atomic E-state index is 8.96. The quantitative estimate of drug-likeness (QED) is 0.768. The van der Waals surface area contributed by atoms with Gasteiger partial charge in [0.25, 0.3) is 0 Å². The van der Waals surface area contributed by atoms with Crippen LogP contribution in [-0.4, -0.2) is 16.3 Å². The third-order valence-corrected chi connectivity index (χ3v) is 2.08. The van der Waals surface area contributed by atoms with Gasteiger partial charge in [0.05, 0.1) is 0 Å². The van der Waals surface area contributed by atoms with Crippen LogP contribution in [0.3, 0.4) is 0 Å². The van der Waals surface area contributed by atoms with E-state index in [1.165, 1.54) is 0 Å². The fourth-order valence-corrected chi connectivity index (χ4v) is 1.33. The van der Waals surface area contributed by atoms with Crippen molar-refractivity contribution in [2.75, 3.05) is 17.6 Å². The van der Waals surface area contributed by atoms with Crippen LogP contribution in [0.1, 0.15) is 32.3 Å². The molecule has 3 N–H and O–H groups in total. The highest BCUT2D eigenvalue weighted by atomic mass is 15.3. The van der Waals surface area contributed by atoms with Crippen molar-refractivity contribution in [3.63, 3.8) is 0 Å². The Hall–Kier alpha value is -1.70. The first kappa shape index (κ1) is 11.4. The zero-order valence-corrected chi connectivity index (χ0v) is 9.25. The Morgan fingerprint density at radius 1 is 1.47 bits per heavy atom. The molecule has 5 heteroatoms. The van der Waals surface area contributed by atoms with Crippen LogP contribution in [0.15, 0.2) is 0 Å². The van der Waals surface area contributed by atoms with E-state index in [-0.39, 0.29) is 0 Å². The largest absolute Gasteiger partial charge is 0.383 e. The molecule has 0 amide bonds. The molecule has 0 aliphatic carbocycles. The Bertz CT molecular complexity index is 361. The van der Waals surface area contributed by atoms with Crippen molar-refractivity contribution in [1.29, 1.82) is 5.26 Å². The van der Waals surface area contributed by atoms with Gasteiger partial charge in [0.2, 0.25) is 0 Å². The monoisotopic (exact) mass is 207 g/mol. The van der Waals surface area contributed by atoms with Gasteiger partial charge in [0.15, 0.2) is 5.82 Å². The summed E-state index contributed by atoms with van der Waals surface area (Å²) in [6, 6.07) is 2.08. The fraction of sp³-hybridized carbons (Fsp3) is 0.600. The van der Waals surface area contributed by atoms with Gasteiger partial charge in [-0.1, -0.05) is 13.8 Å². The van der Waals surface area contributed by atoms with E-state index in [4.69, 9.17) is 11.0 Å². The van der Waals surface area contributed by atoms with E-state index >= 15 is 0 Å². The van der Waals surface area contributed by atoms with Crippen LogP contribution >= 0.6 is 0 Å². The predicted octanol–water partition coefficient (Wildman–Crippen LogP) is 1.57. The fourth-order valence-electron chi connectivity index (χ4n) is 1.33.